The molecule has 12 heteroatoms. The molecule has 1 heterocycles. The number of anilines is 1. The van der Waals surface area contributed by atoms with E-state index in [2.05, 4.69) is 0 Å². The molecule has 0 spiro atoms. The number of nitro benzene ring substituents is 1. The van der Waals surface area contributed by atoms with Gasteiger partial charge in [0.25, 0.3) is 11.6 Å². The topological polar surface area (TPSA) is 113 Å². The van der Waals surface area contributed by atoms with E-state index in [0.717, 1.165) is 6.07 Å². The molecule has 2 aromatic rings. The van der Waals surface area contributed by atoms with Gasteiger partial charge in [-0.25, -0.2) is 12.8 Å². The van der Waals surface area contributed by atoms with Crippen molar-refractivity contribution >= 4 is 27.3 Å². The summed E-state index contributed by atoms with van der Waals surface area (Å²) in [6.45, 7) is 4.79. The Morgan fingerprint density at radius 1 is 1.12 bits per heavy atom. The number of amides is 1. The number of rotatable bonds is 9. The summed E-state index contributed by atoms with van der Waals surface area (Å²) in [7, 11) is -3.84. The minimum Gasteiger partial charge on any atom is -0.481 e. The van der Waals surface area contributed by atoms with E-state index < -0.39 is 20.8 Å². The second-order valence-corrected chi connectivity index (χ2v) is 9.52. The zero-order chi connectivity index (χ0) is 24.9. The summed E-state index contributed by atoms with van der Waals surface area (Å²) in [5, 5.41) is 11.7. The molecule has 0 N–H and O–H groups in total. The van der Waals surface area contributed by atoms with E-state index in [1.54, 1.807) is 29.7 Å². The first-order valence-electron chi connectivity index (χ1n) is 10.9. The van der Waals surface area contributed by atoms with Crippen LogP contribution in [-0.2, 0) is 14.8 Å². The number of ether oxygens (including phenoxy) is 1. The second kappa shape index (κ2) is 10.8. The van der Waals surface area contributed by atoms with Crippen LogP contribution in [0.15, 0.2) is 47.4 Å². The van der Waals surface area contributed by atoms with Crippen molar-refractivity contribution in [2.24, 2.45) is 0 Å². The summed E-state index contributed by atoms with van der Waals surface area (Å²) < 4.78 is 45.7. The molecule has 1 amide bonds. The smallest absolute Gasteiger partial charge is 0.293 e. The third kappa shape index (κ3) is 5.45. The average molecular weight is 495 g/mol. The van der Waals surface area contributed by atoms with Crippen LogP contribution >= 0.6 is 0 Å². The van der Waals surface area contributed by atoms with Gasteiger partial charge in [0.2, 0.25) is 10.0 Å². The Balaban J connectivity index is 1.69. The zero-order valence-electron chi connectivity index (χ0n) is 19.0. The van der Waals surface area contributed by atoms with Crippen LogP contribution in [0.3, 0.4) is 0 Å². The van der Waals surface area contributed by atoms with Gasteiger partial charge in [0.15, 0.2) is 18.2 Å². The van der Waals surface area contributed by atoms with Gasteiger partial charge in [-0.05, 0) is 24.3 Å². The van der Waals surface area contributed by atoms with Crippen molar-refractivity contribution in [1.29, 1.82) is 0 Å². The third-order valence-electron chi connectivity index (χ3n) is 5.65. The Kier molecular flexibility index (Phi) is 8.05. The fourth-order valence-corrected chi connectivity index (χ4v) is 5.26. The molecule has 0 saturated carbocycles. The SMILES string of the molecule is CCN(CC)S(=O)(=O)c1ccc(N2CCN(C(=O)COc3ccccc3F)CC2)c([N+](=O)[O-])c1. The second-order valence-electron chi connectivity index (χ2n) is 7.58. The van der Waals surface area contributed by atoms with Crippen molar-refractivity contribution in [2.75, 3.05) is 50.8 Å². The van der Waals surface area contributed by atoms with Crippen LogP contribution in [0.25, 0.3) is 0 Å². The Labute approximate surface area is 197 Å². The standard InChI is InChI=1S/C22H27FN4O6S/c1-3-26(4-2)34(31,32)17-9-10-19(20(15-17)27(29)30)24-11-13-25(14-12-24)22(28)16-33-21-8-6-5-7-18(21)23/h5-10,15H,3-4,11-14,16H2,1-2H3. The van der Waals surface area contributed by atoms with E-state index in [-0.39, 0.29) is 55.0 Å². The van der Waals surface area contributed by atoms with Gasteiger partial charge in [-0.2, -0.15) is 4.31 Å². The minimum absolute atomic E-state index is 0.00938. The van der Waals surface area contributed by atoms with Gasteiger partial charge in [-0.15, -0.1) is 0 Å². The van der Waals surface area contributed by atoms with Crippen LogP contribution in [-0.4, -0.2) is 74.3 Å². The lowest BCUT2D eigenvalue weighted by Gasteiger charge is -2.35. The molecule has 0 atom stereocenters. The highest BCUT2D eigenvalue weighted by Crippen LogP contribution is 2.32. The van der Waals surface area contributed by atoms with Crippen molar-refractivity contribution in [3.8, 4) is 5.75 Å². The number of nitrogens with zero attached hydrogens (tertiary/aromatic N) is 4. The van der Waals surface area contributed by atoms with Gasteiger partial charge >= 0.3 is 0 Å². The minimum atomic E-state index is -3.84. The maximum absolute atomic E-state index is 13.7. The van der Waals surface area contributed by atoms with Crippen LogP contribution in [0.5, 0.6) is 5.75 Å². The monoisotopic (exact) mass is 494 g/mol. The lowest BCUT2D eigenvalue weighted by atomic mass is 10.2. The first-order chi connectivity index (χ1) is 16.2. The maximum atomic E-state index is 13.7. The molecule has 1 aliphatic heterocycles. The Morgan fingerprint density at radius 3 is 2.35 bits per heavy atom. The van der Waals surface area contributed by atoms with Crippen LogP contribution in [0.1, 0.15) is 13.8 Å². The molecule has 0 radical (unpaired) electrons. The lowest BCUT2D eigenvalue weighted by Crippen LogP contribution is -2.50. The van der Waals surface area contributed by atoms with Gasteiger partial charge in [-0.1, -0.05) is 26.0 Å². The number of piperazine rings is 1. The Bertz CT molecular complexity index is 1150. The van der Waals surface area contributed by atoms with E-state index in [1.807, 2.05) is 0 Å². The molecular weight excluding hydrogens is 467 g/mol. The van der Waals surface area contributed by atoms with Crippen LogP contribution in [0, 0.1) is 15.9 Å². The molecule has 2 aromatic carbocycles. The van der Waals surface area contributed by atoms with E-state index in [0.29, 0.717) is 18.8 Å². The highest BCUT2D eigenvalue weighted by atomic mass is 32.2. The van der Waals surface area contributed by atoms with Crippen molar-refractivity contribution in [3.63, 3.8) is 0 Å². The van der Waals surface area contributed by atoms with Crippen LogP contribution < -0.4 is 9.64 Å². The molecule has 0 unspecified atom stereocenters. The van der Waals surface area contributed by atoms with Gasteiger partial charge in [-0.3, -0.25) is 14.9 Å². The number of nitro groups is 1. The zero-order valence-corrected chi connectivity index (χ0v) is 19.8. The largest absolute Gasteiger partial charge is 0.481 e. The van der Waals surface area contributed by atoms with E-state index in [1.165, 1.54) is 34.6 Å². The van der Waals surface area contributed by atoms with Gasteiger partial charge in [0.05, 0.1) is 9.82 Å². The molecule has 0 aliphatic carbocycles. The first-order valence-corrected chi connectivity index (χ1v) is 12.3. The maximum Gasteiger partial charge on any atom is 0.293 e. The normalized spacial score (nSPS) is 14.4. The van der Waals surface area contributed by atoms with Gasteiger partial charge in [0.1, 0.15) is 5.69 Å². The summed E-state index contributed by atoms with van der Waals surface area (Å²) in [5.41, 5.74) is -0.0194. The number of halogens is 1. The lowest BCUT2D eigenvalue weighted by molar-refractivity contribution is -0.384. The summed E-state index contributed by atoms with van der Waals surface area (Å²) in [4.78, 5) is 26.7. The fourth-order valence-electron chi connectivity index (χ4n) is 3.78. The van der Waals surface area contributed by atoms with E-state index in [9.17, 15) is 27.7 Å². The van der Waals surface area contributed by atoms with Gasteiger partial charge in [0, 0.05) is 45.3 Å². The molecule has 3 rings (SSSR count). The molecule has 0 bridgehead atoms. The molecule has 0 aromatic heterocycles. The number of hydrogen-bond acceptors (Lipinski definition) is 7. The Morgan fingerprint density at radius 2 is 1.76 bits per heavy atom. The predicted octanol–water partition coefficient (Wildman–Crippen LogP) is 2.49. The highest BCUT2D eigenvalue weighted by Gasteiger charge is 2.29. The van der Waals surface area contributed by atoms with E-state index in [4.69, 9.17) is 4.74 Å². The van der Waals surface area contributed by atoms with Gasteiger partial charge < -0.3 is 14.5 Å². The highest BCUT2D eigenvalue weighted by molar-refractivity contribution is 7.89. The van der Waals surface area contributed by atoms with Crippen molar-refractivity contribution < 1.29 is 27.3 Å². The van der Waals surface area contributed by atoms with Crippen molar-refractivity contribution in [1.82, 2.24) is 9.21 Å². The average Bonchev–Trinajstić information content (AvgIpc) is 2.83. The molecule has 1 aliphatic rings. The molecular formula is C22H27FN4O6S. The molecule has 10 nitrogen and oxygen atoms in total. The van der Waals surface area contributed by atoms with Crippen molar-refractivity contribution in [3.05, 3.63) is 58.4 Å². The molecule has 1 saturated heterocycles. The van der Waals surface area contributed by atoms with Crippen LogP contribution in [0.4, 0.5) is 15.8 Å². The molecule has 34 heavy (non-hydrogen) atoms. The fraction of sp³-hybridized carbons (Fsp3) is 0.409. The summed E-state index contributed by atoms with van der Waals surface area (Å²) >= 11 is 0. The third-order valence-corrected chi connectivity index (χ3v) is 7.69. The quantitative estimate of drug-likeness (QED) is 0.389. The van der Waals surface area contributed by atoms with Crippen molar-refractivity contribution in [2.45, 2.75) is 18.7 Å². The number of para-hydroxylation sites is 1. The van der Waals surface area contributed by atoms with E-state index >= 15 is 0 Å². The predicted molar refractivity (Wildman–Crippen MR) is 124 cm³/mol. The number of benzene rings is 2. The number of sulfonamides is 1. The number of hydrogen-bond donors (Lipinski definition) is 0. The number of carbonyl (C=O) groups is 1. The summed E-state index contributed by atoms with van der Waals surface area (Å²) in [6.07, 6.45) is 0. The Hall–Kier alpha value is -3.25. The molecule has 1 fully saturated rings. The molecule has 184 valence electrons. The first kappa shape index (κ1) is 25.4. The summed E-state index contributed by atoms with van der Waals surface area (Å²) in [5.74, 6) is -0.887. The van der Waals surface area contributed by atoms with Crippen LogP contribution in [0.2, 0.25) is 0 Å². The summed E-state index contributed by atoms with van der Waals surface area (Å²) in [6, 6.07) is 9.70. The number of carbonyl (C=O) groups excluding carboxylic acids is 1.